The number of anilines is 3. The van der Waals surface area contributed by atoms with Crippen LogP contribution in [-0.4, -0.2) is 47.7 Å². The molecule has 10 heteroatoms. The zero-order valence-corrected chi connectivity index (χ0v) is 17.7. The van der Waals surface area contributed by atoms with E-state index in [1.165, 1.54) is 5.56 Å². The smallest absolute Gasteiger partial charge is 0.247 e. The van der Waals surface area contributed by atoms with E-state index in [2.05, 4.69) is 56.7 Å². The number of aromatic amines is 1. The lowest BCUT2D eigenvalue weighted by Crippen LogP contribution is -2.63. The van der Waals surface area contributed by atoms with Crippen LogP contribution in [-0.2, 0) is 5.54 Å². The summed E-state index contributed by atoms with van der Waals surface area (Å²) in [6.07, 6.45) is 7.98. The largest absolute Gasteiger partial charge is 0.363 e. The van der Waals surface area contributed by atoms with E-state index in [0.29, 0.717) is 31.4 Å². The second-order valence-corrected chi connectivity index (χ2v) is 8.42. The van der Waals surface area contributed by atoms with Crippen molar-refractivity contribution < 1.29 is 0 Å². The average Bonchev–Trinajstić information content (AvgIpc) is 3.44. The Labute approximate surface area is 179 Å². The third kappa shape index (κ3) is 3.18. The van der Waals surface area contributed by atoms with Crippen molar-refractivity contribution in [1.29, 1.82) is 5.26 Å². The fourth-order valence-corrected chi connectivity index (χ4v) is 4.00. The molecule has 158 valence electrons. The molecule has 5 heterocycles. The van der Waals surface area contributed by atoms with Crippen LogP contribution >= 0.6 is 0 Å². The number of hydrogen-bond donors (Lipinski definition) is 2. The minimum absolute atomic E-state index is 0.330. The Kier molecular flexibility index (Phi) is 4.39. The highest BCUT2D eigenvalue weighted by Crippen LogP contribution is 2.37. The maximum absolute atomic E-state index is 9.47. The van der Waals surface area contributed by atoms with Crippen LogP contribution in [0.15, 0.2) is 36.9 Å². The first-order valence-corrected chi connectivity index (χ1v) is 10.3. The van der Waals surface area contributed by atoms with Gasteiger partial charge < -0.3 is 10.2 Å². The zero-order valence-electron chi connectivity index (χ0n) is 17.7. The molecular weight excluding hydrogens is 392 g/mol. The van der Waals surface area contributed by atoms with Gasteiger partial charge in [-0.3, -0.25) is 9.78 Å². The predicted octanol–water partition coefficient (Wildman–Crippen LogP) is 2.95. The van der Waals surface area contributed by atoms with Crippen molar-refractivity contribution in [3.05, 3.63) is 48.2 Å². The van der Waals surface area contributed by atoms with E-state index in [0.717, 1.165) is 22.7 Å². The van der Waals surface area contributed by atoms with Gasteiger partial charge in [0, 0.05) is 25.5 Å². The van der Waals surface area contributed by atoms with Crippen molar-refractivity contribution in [2.75, 3.05) is 23.3 Å². The van der Waals surface area contributed by atoms with Crippen molar-refractivity contribution in [2.24, 2.45) is 0 Å². The van der Waals surface area contributed by atoms with Crippen LogP contribution < -0.4 is 10.2 Å². The van der Waals surface area contributed by atoms with Crippen molar-refractivity contribution in [2.45, 2.75) is 38.6 Å². The number of fused-ring (bicyclic) bond motifs is 1. The van der Waals surface area contributed by atoms with E-state index in [-0.39, 0.29) is 5.54 Å². The number of rotatable bonds is 6. The van der Waals surface area contributed by atoms with Crippen molar-refractivity contribution in [3.63, 3.8) is 0 Å². The first-order valence-electron chi connectivity index (χ1n) is 10.3. The predicted molar refractivity (Wildman–Crippen MR) is 116 cm³/mol. The van der Waals surface area contributed by atoms with E-state index in [1.807, 2.05) is 36.1 Å². The summed E-state index contributed by atoms with van der Waals surface area (Å²) >= 11 is 0. The zero-order chi connectivity index (χ0) is 21.6. The normalized spacial score (nSPS) is 15.3. The van der Waals surface area contributed by atoms with E-state index in [1.54, 1.807) is 10.7 Å². The molecule has 1 aliphatic rings. The molecule has 0 atom stereocenters. The molecule has 0 saturated carbocycles. The average molecular weight is 416 g/mol. The van der Waals surface area contributed by atoms with Gasteiger partial charge in [-0.25, -0.2) is 4.52 Å². The molecule has 1 saturated heterocycles. The molecule has 1 aliphatic heterocycles. The molecule has 0 bridgehead atoms. The third-order valence-electron chi connectivity index (χ3n) is 5.89. The number of nitrogens with one attached hydrogen (secondary N) is 2. The summed E-state index contributed by atoms with van der Waals surface area (Å²) in [6, 6.07) is 6.35. The van der Waals surface area contributed by atoms with Crippen molar-refractivity contribution >= 4 is 23.0 Å². The topological polar surface area (TPSA) is 116 Å². The Morgan fingerprint density at radius 1 is 1.32 bits per heavy atom. The number of pyridine rings is 1. The number of hydrogen-bond acceptors (Lipinski definition) is 7. The molecule has 0 aliphatic carbocycles. The maximum atomic E-state index is 9.47. The van der Waals surface area contributed by atoms with Crippen molar-refractivity contribution in [3.8, 4) is 6.07 Å². The molecule has 1 fully saturated rings. The summed E-state index contributed by atoms with van der Waals surface area (Å²) < 4.78 is 3.74. The van der Waals surface area contributed by atoms with E-state index in [9.17, 15) is 5.26 Å². The van der Waals surface area contributed by atoms with Gasteiger partial charge in [0.05, 0.1) is 42.0 Å². The first-order chi connectivity index (χ1) is 15.0. The Balaban J connectivity index is 1.42. The molecule has 0 aromatic carbocycles. The standard InChI is InChI=1S/C21H24N10/c1-14(2)16-9-24-31(11-16)21(6-7-22)12-29(13-21)18-5-4-8-30-19(18)26-20(28-30)25-17-10-23-27-15(17)3/h4-5,8-11,14H,6,12-13H2,1-3H3,(H,23,27)(H,25,28). The molecule has 0 spiro atoms. The molecule has 2 N–H and O–H groups in total. The number of H-pyrrole nitrogens is 1. The Morgan fingerprint density at radius 3 is 2.84 bits per heavy atom. The summed E-state index contributed by atoms with van der Waals surface area (Å²) in [5.74, 6) is 0.910. The van der Waals surface area contributed by atoms with E-state index < -0.39 is 0 Å². The second-order valence-electron chi connectivity index (χ2n) is 8.42. The fraction of sp³-hybridized carbons (Fsp3) is 0.381. The molecular formula is C21H24N10. The Hall–Kier alpha value is -3.87. The first kappa shape index (κ1) is 19.1. The monoisotopic (exact) mass is 416 g/mol. The molecule has 10 nitrogen and oxygen atoms in total. The van der Waals surface area contributed by atoms with Crippen LogP contribution in [0.5, 0.6) is 0 Å². The molecule has 31 heavy (non-hydrogen) atoms. The van der Waals surface area contributed by atoms with Gasteiger partial charge >= 0.3 is 0 Å². The van der Waals surface area contributed by atoms with Gasteiger partial charge in [0.15, 0.2) is 5.65 Å². The quantitative estimate of drug-likeness (QED) is 0.496. The summed E-state index contributed by atoms with van der Waals surface area (Å²) in [7, 11) is 0. The molecule has 4 aromatic heterocycles. The SMILES string of the molecule is Cc1[nH]ncc1Nc1nc2c(N3CC(CC#N)(n4cc(C(C)C)cn4)C3)cccn2n1. The van der Waals surface area contributed by atoms with Gasteiger partial charge in [0.1, 0.15) is 5.54 Å². The highest BCUT2D eigenvalue weighted by atomic mass is 15.4. The highest BCUT2D eigenvalue weighted by molar-refractivity contribution is 5.72. The van der Waals surface area contributed by atoms with Gasteiger partial charge in [-0.2, -0.15) is 20.4 Å². The molecule has 0 radical (unpaired) electrons. The second kappa shape index (κ2) is 7.12. The number of aryl methyl sites for hydroxylation is 1. The van der Waals surface area contributed by atoms with Crippen molar-refractivity contribution in [1.82, 2.24) is 34.6 Å². The van der Waals surface area contributed by atoms with Crippen LogP contribution in [0.2, 0.25) is 0 Å². The summed E-state index contributed by atoms with van der Waals surface area (Å²) in [5, 5.41) is 28.7. The number of nitriles is 1. The molecule has 0 amide bonds. The van der Waals surface area contributed by atoms with Gasteiger partial charge in [-0.15, -0.1) is 5.10 Å². The maximum Gasteiger partial charge on any atom is 0.247 e. The van der Waals surface area contributed by atoms with Crippen LogP contribution in [0.25, 0.3) is 5.65 Å². The lowest BCUT2D eigenvalue weighted by atomic mass is 9.86. The van der Waals surface area contributed by atoms with E-state index in [4.69, 9.17) is 4.98 Å². The Morgan fingerprint density at radius 2 is 2.16 bits per heavy atom. The van der Waals surface area contributed by atoms with Crippen LogP contribution in [0, 0.1) is 18.3 Å². The molecule has 5 rings (SSSR count). The third-order valence-corrected chi connectivity index (χ3v) is 5.89. The summed E-state index contributed by atoms with van der Waals surface area (Å²) in [6.45, 7) is 7.61. The highest BCUT2D eigenvalue weighted by Gasteiger charge is 2.46. The van der Waals surface area contributed by atoms with Crippen LogP contribution in [0.3, 0.4) is 0 Å². The van der Waals surface area contributed by atoms with Gasteiger partial charge in [0.2, 0.25) is 5.95 Å². The van der Waals surface area contributed by atoms with Gasteiger partial charge in [0.25, 0.3) is 0 Å². The summed E-state index contributed by atoms with van der Waals surface area (Å²) in [5.41, 5.74) is 4.36. The summed E-state index contributed by atoms with van der Waals surface area (Å²) in [4.78, 5) is 6.92. The van der Waals surface area contributed by atoms with Crippen LogP contribution in [0.4, 0.5) is 17.3 Å². The van der Waals surface area contributed by atoms with E-state index >= 15 is 0 Å². The lowest BCUT2D eigenvalue weighted by Gasteiger charge is -2.50. The minimum atomic E-state index is -0.330. The number of nitrogens with zero attached hydrogens (tertiary/aromatic N) is 8. The molecule has 4 aromatic rings. The molecule has 0 unspecified atom stereocenters. The number of aromatic nitrogens is 7. The Bertz CT molecular complexity index is 1260. The van der Waals surface area contributed by atoms with Crippen LogP contribution in [0.1, 0.15) is 37.4 Å². The fourth-order valence-electron chi connectivity index (χ4n) is 4.00. The lowest BCUT2D eigenvalue weighted by molar-refractivity contribution is 0.198. The minimum Gasteiger partial charge on any atom is -0.363 e. The van der Waals surface area contributed by atoms with Gasteiger partial charge in [-0.05, 0) is 30.5 Å². The van der Waals surface area contributed by atoms with Gasteiger partial charge in [-0.1, -0.05) is 13.8 Å².